The highest BCUT2D eigenvalue weighted by atomic mass is 16.3. The standard InChI is InChI=1S/C17H37NO/c1-4-5-6-7-8-9-10-11-12-13-14-18-16(2)15-17(3)19/h16-19H,4-15H2,1-3H3. The molecule has 0 aromatic carbocycles. The molecule has 0 radical (unpaired) electrons. The van der Waals surface area contributed by atoms with Crippen LogP contribution >= 0.6 is 0 Å². The van der Waals surface area contributed by atoms with Crippen LogP contribution in [0.25, 0.3) is 0 Å². The van der Waals surface area contributed by atoms with Gasteiger partial charge in [-0.05, 0) is 33.2 Å². The minimum absolute atomic E-state index is 0.185. The Morgan fingerprint density at radius 1 is 0.789 bits per heavy atom. The normalized spacial score (nSPS) is 14.5. The second-order valence-corrected chi connectivity index (χ2v) is 6.12. The lowest BCUT2D eigenvalue weighted by Crippen LogP contribution is -2.29. The molecule has 2 nitrogen and oxygen atoms in total. The fourth-order valence-corrected chi connectivity index (χ4v) is 2.56. The Balaban J connectivity index is 3.06. The Bertz CT molecular complexity index is 171. The van der Waals surface area contributed by atoms with Crippen LogP contribution in [-0.4, -0.2) is 23.8 Å². The van der Waals surface area contributed by atoms with Gasteiger partial charge in [0.2, 0.25) is 0 Å². The molecular formula is C17H37NO. The van der Waals surface area contributed by atoms with Gasteiger partial charge in [-0.2, -0.15) is 0 Å². The van der Waals surface area contributed by atoms with Crippen molar-refractivity contribution in [3.05, 3.63) is 0 Å². The van der Waals surface area contributed by atoms with Gasteiger partial charge in [-0.15, -0.1) is 0 Å². The van der Waals surface area contributed by atoms with Crippen LogP contribution in [0.15, 0.2) is 0 Å². The summed E-state index contributed by atoms with van der Waals surface area (Å²) >= 11 is 0. The zero-order valence-electron chi connectivity index (χ0n) is 13.6. The van der Waals surface area contributed by atoms with E-state index in [1.54, 1.807) is 0 Å². The maximum Gasteiger partial charge on any atom is 0.0526 e. The molecule has 0 bridgehead atoms. The van der Waals surface area contributed by atoms with Gasteiger partial charge < -0.3 is 10.4 Å². The molecule has 0 aliphatic carbocycles. The summed E-state index contributed by atoms with van der Waals surface area (Å²) in [5, 5.41) is 12.7. The summed E-state index contributed by atoms with van der Waals surface area (Å²) in [6, 6.07) is 0.443. The zero-order chi connectivity index (χ0) is 14.3. The van der Waals surface area contributed by atoms with Crippen LogP contribution in [-0.2, 0) is 0 Å². The average molecular weight is 271 g/mol. The molecule has 0 fully saturated rings. The molecule has 0 aromatic heterocycles. The highest BCUT2D eigenvalue weighted by molar-refractivity contribution is 4.63. The molecule has 0 aliphatic heterocycles. The van der Waals surface area contributed by atoms with E-state index in [1.165, 1.54) is 64.2 Å². The van der Waals surface area contributed by atoms with E-state index in [-0.39, 0.29) is 6.10 Å². The summed E-state index contributed by atoms with van der Waals surface area (Å²) in [6.45, 7) is 7.39. The summed E-state index contributed by atoms with van der Waals surface area (Å²) in [6.07, 6.45) is 14.6. The number of unbranched alkanes of at least 4 members (excludes halogenated alkanes) is 9. The molecule has 0 amide bonds. The molecular weight excluding hydrogens is 234 g/mol. The van der Waals surface area contributed by atoms with Crippen molar-refractivity contribution < 1.29 is 5.11 Å². The smallest absolute Gasteiger partial charge is 0.0526 e. The Hall–Kier alpha value is -0.0800. The zero-order valence-corrected chi connectivity index (χ0v) is 13.6. The van der Waals surface area contributed by atoms with Crippen LogP contribution < -0.4 is 5.32 Å². The van der Waals surface area contributed by atoms with Crippen molar-refractivity contribution in [2.24, 2.45) is 0 Å². The van der Waals surface area contributed by atoms with E-state index in [9.17, 15) is 5.11 Å². The van der Waals surface area contributed by atoms with Gasteiger partial charge in [0.15, 0.2) is 0 Å². The number of aliphatic hydroxyl groups excluding tert-OH is 1. The van der Waals surface area contributed by atoms with Crippen molar-refractivity contribution in [1.82, 2.24) is 5.32 Å². The molecule has 0 aromatic rings. The van der Waals surface area contributed by atoms with E-state index in [4.69, 9.17) is 0 Å². The molecule has 2 unspecified atom stereocenters. The summed E-state index contributed by atoms with van der Waals surface area (Å²) in [5.41, 5.74) is 0. The van der Waals surface area contributed by atoms with Crippen LogP contribution in [0, 0.1) is 0 Å². The Morgan fingerprint density at radius 2 is 1.26 bits per heavy atom. The van der Waals surface area contributed by atoms with Crippen molar-refractivity contribution in [2.45, 2.75) is 104 Å². The first-order valence-electron chi connectivity index (χ1n) is 8.58. The van der Waals surface area contributed by atoms with Gasteiger partial charge in [0.25, 0.3) is 0 Å². The maximum absolute atomic E-state index is 9.26. The fraction of sp³-hybridized carbons (Fsp3) is 1.00. The second-order valence-electron chi connectivity index (χ2n) is 6.12. The minimum atomic E-state index is -0.185. The maximum atomic E-state index is 9.26. The van der Waals surface area contributed by atoms with Gasteiger partial charge in [0, 0.05) is 6.04 Å². The van der Waals surface area contributed by atoms with Gasteiger partial charge >= 0.3 is 0 Å². The SMILES string of the molecule is CCCCCCCCCCCCNC(C)CC(C)O. The highest BCUT2D eigenvalue weighted by Gasteiger charge is 2.04. The van der Waals surface area contributed by atoms with Crippen molar-refractivity contribution in [3.63, 3.8) is 0 Å². The van der Waals surface area contributed by atoms with Gasteiger partial charge in [-0.1, -0.05) is 64.7 Å². The first kappa shape index (κ1) is 18.9. The quantitative estimate of drug-likeness (QED) is 0.450. The van der Waals surface area contributed by atoms with Crippen LogP contribution in [0.1, 0.15) is 91.4 Å². The average Bonchev–Trinajstić information content (AvgIpc) is 2.35. The molecule has 116 valence electrons. The first-order valence-corrected chi connectivity index (χ1v) is 8.58. The van der Waals surface area contributed by atoms with E-state index >= 15 is 0 Å². The number of nitrogens with one attached hydrogen (secondary N) is 1. The van der Waals surface area contributed by atoms with E-state index in [1.807, 2.05) is 6.92 Å². The Kier molecular flexibility index (Phi) is 14.3. The van der Waals surface area contributed by atoms with Gasteiger partial charge in [0.1, 0.15) is 0 Å². The first-order chi connectivity index (χ1) is 9.16. The number of rotatable bonds is 14. The predicted octanol–water partition coefficient (Wildman–Crippen LogP) is 4.66. The van der Waals surface area contributed by atoms with Crippen LogP contribution in [0.4, 0.5) is 0 Å². The molecule has 19 heavy (non-hydrogen) atoms. The minimum Gasteiger partial charge on any atom is -0.393 e. The van der Waals surface area contributed by atoms with E-state index in [0.717, 1.165) is 13.0 Å². The molecule has 0 spiro atoms. The fourth-order valence-electron chi connectivity index (χ4n) is 2.56. The number of hydrogen-bond donors (Lipinski definition) is 2. The molecule has 2 N–H and O–H groups in total. The van der Waals surface area contributed by atoms with Gasteiger partial charge in [-0.25, -0.2) is 0 Å². The van der Waals surface area contributed by atoms with Crippen LogP contribution in [0.5, 0.6) is 0 Å². The van der Waals surface area contributed by atoms with E-state index < -0.39 is 0 Å². The molecule has 2 heteroatoms. The molecule has 0 rings (SSSR count). The van der Waals surface area contributed by atoms with Crippen molar-refractivity contribution in [1.29, 1.82) is 0 Å². The van der Waals surface area contributed by atoms with Gasteiger partial charge in [0.05, 0.1) is 6.10 Å². The lowest BCUT2D eigenvalue weighted by atomic mass is 10.1. The Labute approximate surface area is 121 Å². The topological polar surface area (TPSA) is 32.3 Å². The summed E-state index contributed by atoms with van der Waals surface area (Å²) in [4.78, 5) is 0. The summed E-state index contributed by atoms with van der Waals surface area (Å²) < 4.78 is 0. The number of hydrogen-bond acceptors (Lipinski definition) is 2. The molecule has 0 saturated carbocycles. The third kappa shape index (κ3) is 15.9. The Morgan fingerprint density at radius 3 is 1.74 bits per heavy atom. The predicted molar refractivity (Wildman–Crippen MR) is 85.6 cm³/mol. The highest BCUT2D eigenvalue weighted by Crippen LogP contribution is 2.10. The van der Waals surface area contributed by atoms with Crippen LogP contribution in [0.3, 0.4) is 0 Å². The number of aliphatic hydroxyl groups is 1. The summed E-state index contributed by atoms with van der Waals surface area (Å²) in [7, 11) is 0. The lowest BCUT2D eigenvalue weighted by Gasteiger charge is -2.15. The monoisotopic (exact) mass is 271 g/mol. The third-order valence-electron chi connectivity index (χ3n) is 3.72. The van der Waals surface area contributed by atoms with Crippen molar-refractivity contribution in [3.8, 4) is 0 Å². The van der Waals surface area contributed by atoms with E-state index in [2.05, 4.69) is 19.2 Å². The van der Waals surface area contributed by atoms with Crippen LogP contribution in [0.2, 0.25) is 0 Å². The summed E-state index contributed by atoms with van der Waals surface area (Å²) in [5.74, 6) is 0. The lowest BCUT2D eigenvalue weighted by molar-refractivity contribution is 0.170. The molecule has 2 atom stereocenters. The van der Waals surface area contributed by atoms with E-state index in [0.29, 0.717) is 6.04 Å². The third-order valence-corrected chi connectivity index (χ3v) is 3.72. The molecule has 0 aliphatic rings. The second kappa shape index (κ2) is 14.3. The van der Waals surface area contributed by atoms with Crippen molar-refractivity contribution in [2.75, 3.05) is 6.54 Å². The molecule has 0 heterocycles. The largest absolute Gasteiger partial charge is 0.393 e. The van der Waals surface area contributed by atoms with Gasteiger partial charge in [-0.3, -0.25) is 0 Å². The molecule has 0 saturated heterocycles. The van der Waals surface area contributed by atoms with Crippen molar-refractivity contribution >= 4 is 0 Å².